The van der Waals surface area contributed by atoms with Gasteiger partial charge in [0.25, 0.3) is 5.91 Å². The molecular formula is C8H6N4O2. The third-order valence-corrected chi connectivity index (χ3v) is 1.82. The average Bonchev–Trinajstić information content (AvgIpc) is 2.18. The van der Waals surface area contributed by atoms with E-state index in [2.05, 4.69) is 15.0 Å². The molecule has 0 bridgehead atoms. The van der Waals surface area contributed by atoms with Gasteiger partial charge in [0.1, 0.15) is 17.5 Å². The number of hydrogen-bond donors (Lipinski definition) is 2. The zero-order chi connectivity index (χ0) is 10.1. The van der Waals surface area contributed by atoms with E-state index in [9.17, 15) is 9.59 Å². The van der Waals surface area contributed by atoms with Crippen LogP contribution in [0.4, 0.5) is 0 Å². The Morgan fingerprint density at radius 1 is 1.50 bits per heavy atom. The molecule has 0 fully saturated rings. The highest BCUT2D eigenvalue weighted by molar-refractivity contribution is 5.95. The lowest BCUT2D eigenvalue weighted by atomic mass is 10.2. The lowest BCUT2D eigenvalue weighted by Gasteiger charge is -1.97. The normalized spacial score (nSPS) is 10.3. The number of nitrogens with one attached hydrogen (secondary N) is 1. The molecule has 6 heteroatoms. The molecule has 0 aliphatic heterocycles. The molecule has 14 heavy (non-hydrogen) atoms. The fourth-order valence-corrected chi connectivity index (χ4v) is 1.14. The number of H-pyrrole nitrogens is 1. The van der Waals surface area contributed by atoms with Crippen molar-refractivity contribution in [3.05, 3.63) is 34.5 Å². The Labute approximate surface area is 77.8 Å². The molecule has 1 amide bonds. The SMILES string of the molecule is NC(=O)c1c[nH]c2ncncc2c1=O. The summed E-state index contributed by atoms with van der Waals surface area (Å²) >= 11 is 0. The molecule has 3 N–H and O–H groups in total. The maximum atomic E-state index is 11.6. The second kappa shape index (κ2) is 2.91. The number of aromatic nitrogens is 3. The van der Waals surface area contributed by atoms with Gasteiger partial charge in [-0.2, -0.15) is 0 Å². The largest absolute Gasteiger partial charge is 0.365 e. The van der Waals surface area contributed by atoms with Crippen LogP contribution in [0.3, 0.4) is 0 Å². The number of aromatic amines is 1. The first-order chi connectivity index (χ1) is 6.70. The fourth-order valence-electron chi connectivity index (χ4n) is 1.14. The molecule has 0 aliphatic rings. The van der Waals surface area contributed by atoms with Gasteiger partial charge in [0, 0.05) is 12.4 Å². The van der Waals surface area contributed by atoms with Gasteiger partial charge in [0.15, 0.2) is 0 Å². The van der Waals surface area contributed by atoms with Crippen molar-refractivity contribution in [3.63, 3.8) is 0 Å². The van der Waals surface area contributed by atoms with Crippen molar-refractivity contribution < 1.29 is 4.79 Å². The molecule has 0 radical (unpaired) electrons. The topological polar surface area (TPSA) is 102 Å². The first-order valence-electron chi connectivity index (χ1n) is 3.81. The van der Waals surface area contributed by atoms with Gasteiger partial charge in [-0.05, 0) is 0 Å². The van der Waals surface area contributed by atoms with E-state index in [1.807, 2.05) is 0 Å². The highest BCUT2D eigenvalue weighted by Gasteiger charge is 2.09. The van der Waals surface area contributed by atoms with Gasteiger partial charge < -0.3 is 10.7 Å². The molecule has 2 rings (SSSR count). The minimum atomic E-state index is -0.767. The number of fused-ring (bicyclic) bond motifs is 1. The predicted octanol–water partition coefficient (Wildman–Crippen LogP) is -0.583. The Hall–Kier alpha value is -2.24. The molecule has 0 saturated heterocycles. The highest BCUT2D eigenvalue weighted by Crippen LogP contribution is 2.01. The second-order valence-corrected chi connectivity index (χ2v) is 2.68. The molecule has 2 heterocycles. The molecule has 6 nitrogen and oxygen atoms in total. The predicted molar refractivity (Wildman–Crippen MR) is 48.7 cm³/mol. The van der Waals surface area contributed by atoms with E-state index in [0.717, 1.165) is 0 Å². The maximum absolute atomic E-state index is 11.6. The van der Waals surface area contributed by atoms with Gasteiger partial charge in [0.05, 0.1) is 5.39 Å². The molecule has 0 aliphatic carbocycles. The van der Waals surface area contributed by atoms with Gasteiger partial charge in [-0.25, -0.2) is 9.97 Å². The summed E-state index contributed by atoms with van der Waals surface area (Å²) in [6.45, 7) is 0. The molecule has 0 saturated carbocycles. The van der Waals surface area contributed by atoms with Gasteiger partial charge in [-0.3, -0.25) is 9.59 Å². The minimum Gasteiger partial charge on any atom is -0.365 e. The summed E-state index contributed by atoms with van der Waals surface area (Å²) in [4.78, 5) is 32.6. The van der Waals surface area contributed by atoms with E-state index in [4.69, 9.17) is 5.73 Å². The van der Waals surface area contributed by atoms with Crippen LogP contribution in [0.15, 0.2) is 23.5 Å². The zero-order valence-corrected chi connectivity index (χ0v) is 7.02. The monoisotopic (exact) mass is 190 g/mol. The van der Waals surface area contributed by atoms with E-state index >= 15 is 0 Å². The van der Waals surface area contributed by atoms with Crippen LogP contribution < -0.4 is 11.2 Å². The summed E-state index contributed by atoms with van der Waals surface area (Å²) < 4.78 is 0. The van der Waals surface area contributed by atoms with Gasteiger partial charge in [0.2, 0.25) is 5.43 Å². The third kappa shape index (κ3) is 1.13. The number of amides is 1. The second-order valence-electron chi connectivity index (χ2n) is 2.68. The summed E-state index contributed by atoms with van der Waals surface area (Å²) in [7, 11) is 0. The number of pyridine rings is 1. The Bertz CT molecular complexity index is 561. The minimum absolute atomic E-state index is 0.0905. The van der Waals surface area contributed by atoms with Gasteiger partial charge in [-0.1, -0.05) is 0 Å². The summed E-state index contributed by atoms with van der Waals surface area (Å²) in [6.07, 6.45) is 3.90. The first kappa shape index (κ1) is 8.36. The lowest BCUT2D eigenvalue weighted by Crippen LogP contribution is -2.22. The number of nitrogens with two attached hydrogens (primary N) is 1. The number of primary amides is 1. The van der Waals surface area contributed by atoms with Crippen LogP contribution in [0.2, 0.25) is 0 Å². The van der Waals surface area contributed by atoms with Crippen LogP contribution in [0, 0.1) is 0 Å². The molecule has 0 aromatic carbocycles. The maximum Gasteiger partial charge on any atom is 0.254 e. The first-order valence-corrected chi connectivity index (χ1v) is 3.81. The number of carbonyl (C=O) groups is 1. The smallest absolute Gasteiger partial charge is 0.254 e. The van der Waals surface area contributed by atoms with Crippen LogP contribution in [0.25, 0.3) is 11.0 Å². The van der Waals surface area contributed by atoms with Crippen LogP contribution in [-0.2, 0) is 0 Å². The van der Waals surface area contributed by atoms with E-state index in [-0.39, 0.29) is 10.9 Å². The van der Waals surface area contributed by atoms with E-state index in [0.29, 0.717) is 5.65 Å². The van der Waals surface area contributed by atoms with Crippen molar-refractivity contribution in [3.8, 4) is 0 Å². The standard InChI is InChI=1S/C8H6N4O2/c9-7(14)4-2-11-8-5(6(4)13)1-10-3-12-8/h1-3H,(H2,9,14)(H,10,11,12,13). The Morgan fingerprint density at radius 2 is 2.29 bits per heavy atom. The number of rotatable bonds is 1. The molecule has 2 aromatic heterocycles. The van der Waals surface area contributed by atoms with Gasteiger partial charge in [-0.15, -0.1) is 0 Å². The van der Waals surface area contributed by atoms with E-state index < -0.39 is 11.3 Å². The van der Waals surface area contributed by atoms with Crippen molar-refractivity contribution in [1.29, 1.82) is 0 Å². The van der Waals surface area contributed by atoms with Crippen molar-refractivity contribution in [2.45, 2.75) is 0 Å². The quantitative estimate of drug-likeness (QED) is 0.627. The van der Waals surface area contributed by atoms with Crippen LogP contribution in [-0.4, -0.2) is 20.9 Å². The summed E-state index contributed by atoms with van der Waals surface area (Å²) in [5.41, 5.74) is 4.85. The number of nitrogens with zero attached hydrogens (tertiary/aromatic N) is 2. The van der Waals surface area contributed by atoms with Crippen molar-refractivity contribution in [1.82, 2.24) is 15.0 Å². The lowest BCUT2D eigenvalue weighted by molar-refractivity contribution is 0.0999. The summed E-state index contributed by atoms with van der Waals surface area (Å²) in [5.74, 6) is -0.767. The van der Waals surface area contributed by atoms with Crippen LogP contribution >= 0.6 is 0 Å². The van der Waals surface area contributed by atoms with Crippen LogP contribution in [0.5, 0.6) is 0 Å². The highest BCUT2D eigenvalue weighted by atomic mass is 16.2. The summed E-state index contributed by atoms with van der Waals surface area (Å²) in [5, 5.41) is 0.254. The molecule has 0 spiro atoms. The van der Waals surface area contributed by atoms with E-state index in [1.165, 1.54) is 18.7 Å². The van der Waals surface area contributed by atoms with Crippen molar-refractivity contribution in [2.75, 3.05) is 0 Å². The third-order valence-electron chi connectivity index (χ3n) is 1.82. The number of carbonyl (C=O) groups excluding carboxylic acids is 1. The van der Waals surface area contributed by atoms with Crippen LogP contribution in [0.1, 0.15) is 10.4 Å². The number of hydrogen-bond acceptors (Lipinski definition) is 4. The van der Waals surface area contributed by atoms with Crippen molar-refractivity contribution >= 4 is 16.9 Å². The Balaban J connectivity index is 2.89. The van der Waals surface area contributed by atoms with Crippen molar-refractivity contribution in [2.24, 2.45) is 5.73 Å². The molecule has 0 unspecified atom stereocenters. The Kier molecular flexibility index (Phi) is 1.74. The van der Waals surface area contributed by atoms with Gasteiger partial charge >= 0.3 is 0 Å². The zero-order valence-electron chi connectivity index (χ0n) is 7.02. The molecule has 70 valence electrons. The Morgan fingerprint density at radius 3 is 3.00 bits per heavy atom. The average molecular weight is 190 g/mol. The molecule has 0 atom stereocenters. The summed E-state index contributed by atoms with van der Waals surface area (Å²) in [6, 6.07) is 0. The van der Waals surface area contributed by atoms with E-state index in [1.54, 1.807) is 0 Å². The molecule has 2 aromatic rings. The fraction of sp³-hybridized carbons (Fsp3) is 0. The molecular weight excluding hydrogens is 184 g/mol.